The van der Waals surface area contributed by atoms with Crippen molar-refractivity contribution in [3.8, 4) is 0 Å². The molecule has 0 atom stereocenters. The molecule has 2 fully saturated rings. The first-order valence-corrected chi connectivity index (χ1v) is 10.8. The van der Waals surface area contributed by atoms with Gasteiger partial charge < -0.3 is 24.3 Å². The van der Waals surface area contributed by atoms with Gasteiger partial charge in [0, 0.05) is 60.4 Å². The molecule has 0 amide bonds. The largest absolute Gasteiger partial charge is 0.463 e. The molecule has 2 saturated heterocycles. The van der Waals surface area contributed by atoms with E-state index in [0.29, 0.717) is 19.7 Å². The zero-order valence-electron chi connectivity index (χ0n) is 19.3. The number of esters is 1. The highest BCUT2D eigenvalue weighted by Crippen LogP contribution is 2.18. The topological polar surface area (TPSA) is 64.0 Å². The van der Waals surface area contributed by atoms with Crippen LogP contribution in [-0.4, -0.2) is 98.5 Å². The van der Waals surface area contributed by atoms with E-state index in [4.69, 9.17) is 14.7 Å². The van der Waals surface area contributed by atoms with E-state index in [2.05, 4.69) is 59.9 Å². The maximum Gasteiger partial charge on any atom is 0.330 e. The van der Waals surface area contributed by atoms with E-state index >= 15 is 0 Å². The summed E-state index contributed by atoms with van der Waals surface area (Å²) in [7, 11) is 8.29. The highest BCUT2D eigenvalue weighted by Gasteiger charge is 2.20. The van der Waals surface area contributed by atoms with Gasteiger partial charge in [-0.15, -0.1) is 0 Å². The van der Waals surface area contributed by atoms with Crippen LogP contribution in [0, 0.1) is 0 Å². The Hall–Kier alpha value is -3.03. The standard InChI is InChI=1S/C23H34N6O2/c1-6-31-21(30)10-8-18-7-9-19(16-24-22-26(2)11-12-27(22)3)20(15-18)17-25-23-28(4)13-14-29(23)5/h7-10,15H,6,11-14,16-17H2,1-5H3/b10-8+. The summed E-state index contributed by atoms with van der Waals surface area (Å²) in [5.41, 5.74) is 3.20. The fraction of sp³-hybridized carbons (Fsp3) is 0.522. The molecule has 31 heavy (non-hydrogen) atoms. The van der Waals surface area contributed by atoms with Crippen molar-refractivity contribution >= 4 is 24.0 Å². The Balaban J connectivity index is 1.85. The van der Waals surface area contributed by atoms with Crippen molar-refractivity contribution in [3.63, 3.8) is 0 Å². The third-order valence-corrected chi connectivity index (χ3v) is 5.62. The van der Waals surface area contributed by atoms with Crippen molar-refractivity contribution in [3.05, 3.63) is 41.0 Å². The van der Waals surface area contributed by atoms with Crippen molar-refractivity contribution in [2.45, 2.75) is 20.0 Å². The first-order chi connectivity index (χ1) is 14.9. The average molecular weight is 427 g/mol. The molecule has 0 aliphatic carbocycles. The molecule has 2 aliphatic rings. The van der Waals surface area contributed by atoms with Crippen LogP contribution in [0.25, 0.3) is 6.08 Å². The predicted molar refractivity (Wildman–Crippen MR) is 125 cm³/mol. The van der Waals surface area contributed by atoms with E-state index in [1.165, 1.54) is 6.08 Å². The zero-order chi connectivity index (χ0) is 22.4. The molecule has 0 aromatic heterocycles. The summed E-state index contributed by atoms with van der Waals surface area (Å²) in [5.74, 6) is 1.68. The Morgan fingerprint density at radius 2 is 1.42 bits per heavy atom. The van der Waals surface area contributed by atoms with Gasteiger partial charge in [0.2, 0.25) is 0 Å². The number of carbonyl (C=O) groups is 1. The summed E-state index contributed by atoms with van der Waals surface area (Å²) in [4.78, 5) is 30.1. The van der Waals surface area contributed by atoms with E-state index in [-0.39, 0.29) is 5.97 Å². The van der Waals surface area contributed by atoms with Crippen molar-refractivity contribution < 1.29 is 9.53 Å². The van der Waals surface area contributed by atoms with Gasteiger partial charge in [-0.25, -0.2) is 14.8 Å². The van der Waals surface area contributed by atoms with Crippen LogP contribution in [0.15, 0.2) is 34.3 Å². The van der Waals surface area contributed by atoms with Gasteiger partial charge in [-0.1, -0.05) is 12.1 Å². The van der Waals surface area contributed by atoms with Gasteiger partial charge in [-0.2, -0.15) is 0 Å². The lowest BCUT2D eigenvalue weighted by Gasteiger charge is -2.17. The molecule has 0 unspecified atom stereocenters. The third kappa shape index (κ3) is 5.77. The third-order valence-electron chi connectivity index (χ3n) is 5.62. The molecule has 168 valence electrons. The summed E-state index contributed by atoms with van der Waals surface area (Å²) in [5, 5.41) is 0. The van der Waals surface area contributed by atoms with Crippen molar-refractivity contribution in [2.24, 2.45) is 9.98 Å². The normalized spacial score (nSPS) is 16.7. The number of hydrogen-bond acceptors (Lipinski definition) is 4. The van der Waals surface area contributed by atoms with E-state index in [9.17, 15) is 4.79 Å². The summed E-state index contributed by atoms with van der Waals surface area (Å²) in [6.45, 7) is 7.28. The second-order valence-electron chi connectivity index (χ2n) is 8.03. The van der Waals surface area contributed by atoms with Gasteiger partial charge in [0.25, 0.3) is 0 Å². The molecule has 0 N–H and O–H groups in total. The van der Waals surface area contributed by atoms with Crippen LogP contribution in [0.5, 0.6) is 0 Å². The lowest BCUT2D eigenvalue weighted by Crippen LogP contribution is -2.28. The van der Waals surface area contributed by atoms with Crippen molar-refractivity contribution in [1.29, 1.82) is 0 Å². The summed E-state index contributed by atoms with van der Waals surface area (Å²) < 4.78 is 4.99. The second kappa shape index (κ2) is 10.3. The monoisotopic (exact) mass is 426 g/mol. The second-order valence-corrected chi connectivity index (χ2v) is 8.03. The molecule has 1 aromatic rings. The molecule has 0 radical (unpaired) electrons. The number of aliphatic imine (C=N–C) groups is 2. The highest BCUT2D eigenvalue weighted by molar-refractivity contribution is 5.87. The van der Waals surface area contributed by atoms with Crippen LogP contribution >= 0.6 is 0 Å². The average Bonchev–Trinajstić information content (AvgIpc) is 3.24. The SMILES string of the molecule is CCOC(=O)/C=C/c1ccc(CN=C2N(C)CCN2C)c(CN=C2N(C)CCN2C)c1. The van der Waals surface area contributed by atoms with Gasteiger partial charge in [0.1, 0.15) is 0 Å². The smallest absolute Gasteiger partial charge is 0.330 e. The van der Waals surface area contributed by atoms with Gasteiger partial charge >= 0.3 is 5.97 Å². The van der Waals surface area contributed by atoms with Gasteiger partial charge in [-0.05, 0) is 35.8 Å². The number of nitrogens with zero attached hydrogens (tertiary/aromatic N) is 6. The minimum Gasteiger partial charge on any atom is -0.463 e. The molecule has 8 nitrogen and oxygen atoms in total. The Morgan fingerprint density at radius 1 is 0.903 bits per heavy atom. The van der Waals surface area contributed by atoms with Crippen LogP contribution in [0.4, 0.5) is 0 Å². The highest BCUT2D eigenvalue weighted by atomic mass is 16.5. The number of likely N-dealkylation sites (N-methyl/N-ethyl adjacent to an activating group) is 4. The van der Waals surface area contributed by atoms with E-state index in [0.717, 1.165) is 54.8 Å². The predicted octanol–water partition coefficient (Wildman–Crippen LogP) is 1.73. The Bertz CT molecular complexity index is 855. The first-order valence-electron chi connectivity index (χ1n) is 10.8. The van der Waals surface area contributed by atoms with Gasteiger partial charge in [-0.3, -0.25) is 0 Å². The first kappa shape index (κ1) is 22.7. The maximum absolute atomic E-state index is 11.7. The zero-order valence-corrected chi connectivity index (χ0v) is 19.3. The molecule has 2 heterocycles. The number of carbonyl (C=O) groups excluding carboxylic acids is 1. The van der Waals surface area contributed by atoms with Crippen molar-refractivity contribution in [1.82, 2.24) is 19.6 Å². The Labute approximate surface area is 185 Å². The molecule has 2 aliphatic heterocycles. The van der Waals surface area contributed by atoms with Gasteiger partial charge in [0.05, 0.1) is 19.7 Å². The minimum absolute atomic E-state index is 0.332. The molecular formula is C23H34N6O2. The lowest BCUT2D eigenvalue weighted by molar-refractivity contribution is -0.137. The van der Waals surface area contributed by atoms with Crippen LogP contribution in [0.1, 0.15) is 23.6 Å². The summed E-state index contributed by atoms with van der Waals surface area (Å²) >= 11 is 0. The Kier molecular flexibility index (Phi) is 7.55. The molecule has 0 saturated carbocycles. The van der Waals surface area contributed by atoms with E-state index in [1.807, 2.05) is 6.07 Å². The number of guanidine groups is 2. The fourth-order valence-corrected chi connectivity index (χ4v) is 3.78. The lowest BCUT2D eigenvalue weighted by atomic mass is 10.0. The molecule has 1 aromatic carbocycles. The fourth-order valence-electron chi connectivity index (χ4n) is 3.78. The number of benzene rings is 1. The molecule has 8 heteroatoms. The summed E-state index contributed by atoms with van der Waals surface area (Å²) in [6.07, 6.45) is 3.26. The number of ether oxygens (including phenoxy) is 1. The van der Waals surface area contributed by atoms with Crippen LogP contribution in [0.2, 0.25) is 0 Å². The van der Waals surface area contributed by atoms with Crippen LogP contribution in [-0.2, 0) is 22.6 Å². The quantitative estimate of drug-likeness (QED) is 0.489. The van der Waals surface area contributed by atoms with Crippen molar-refractivity contribution in [2.75, 3.05) is 61.0 Å². The Morgan fingerprint density at radius 3 is 1.94 bits per heavy atom. The van der Waals surface area contributed by atoms with E-state index in [1.54, 1.807) is 13.0 Å². The molecule has 0 bridgehead atoms. The number of rotatable bonds is 7. The molecular weight excluding hydrogens is 392 g/mol. The van der Waals surface area contributed by atoms with Crippen LogP contribution < -0.4 is 0 Å². The maximum atomic E-state index is 11.7. The van der Waals surface area contributed by atoms with E-state index < -0.39 is 0 Å². The molecule has 0 spiro atoms. The molecule has 3 rings (SSSR count). The summed E-state index contributed by atoms with van der Waals surface area (Å²) in [6, 6.07) is 6.19. The van der Waals surface area contributed by atoms with Crippen LogP contribution in [0.3, 0.4) is 0 Å². The number of hydrogen-bond donors (Lipinski definition) is 0. The minimum atomic E-state index is -0.332. The van der Waals surface area contributed by atoms with Gasteiger partial charge in [0.15, 0.2) is 11.9 Å².